The smallest absolute Gasteiger partial charge is 0.253 e. The Balaban J connectivity index is 2.94. The molecule has 1 aromatic carbocycles. The summed E-state index contributed by atoms with van der Waals surface area (Å²) < 4.78 is 12.9. The summed E-state index contributed by atoms with van der Waals surface area (Å²) in [4.78, 5) is 12.1. The van der Waals surface area contributed by atoms with Gasteiger partial charge in [-0.15, -0.1) is 0 Å². The molecule has 0 aliphatic rings. The summed E-state index contributed by atoms with van der Waals surface area (Å²) in [5.41, 5.74) is -0.104. The van der Waals surface area contributed by atoms with Gasteiger partial charge < -0.3 is 5.32 Å². The average molecular weight is 402 g/mol. The van der Waals surface area contributed by atoms with E-state index in [0.717, 1.165) is 12.5 Å². The average Bonchev–Trinajstić information content (AvgIpc) is 2.36. The van der Waals surface area contributed by atoms with Gasteiger partial charge in [0, 0.05) is 10.7 Å². The largest absolute Gasteiger partial charge is 0.345 e. The first-order valence-corrected chi connectivity index (χ1v) is 7.99. The molecule has 2 nitrogen and oxygen atoms in total. The predicted molar refractivity (Wildman–Crippen MR) is 79.5 cm³/mol. The molecule has 1 aromatic rings. The van der Waals surface area contributed by atoms with Gasteiger partial charge in [-0.2, -0.15) is 0 Å². The van der Waals surface area contributed by atoms with Crippen molar-refractivity contribution in [2.24, 2.45) is 0 Å². The quantitative estimate of drug-likeness (QED) is 0.738. The van der Waals surface area contributed by atoms with Crippen LogP contribution >= 0.6 is 43.5 Å². The van der Waals surface area contributed by atoms with E-state index in [1.54, 1.807) is 0 Å². The molecule has 0 saturated heterocycles. The molecule has 1 amide bonds. The van der Waals surface area contributed by atoms with Crippen LogP contribution in [0.15, 0.2) is 18.2 Å². The Bertz CT molecular complexity index is 430. The van der Waals surface area contributed by atoms with E-state index in [0.29, 0.717) is 10.7 Å². The van der Waals surface area contributed by atoms with Crippen molar-refractivity contribution in [2.45, 2.75) is 18.9 Å². The summed E-state index contributed by atoms with van der Waals surface area (Å²) in [6, 6.07) is 3.74. The molecule has 0 unspecified atom stereocenters. The van der Waals surface area contributed by atoms with Gasteiger partial charge in [-0.3, -0.25) is 4.79 Å². The number of hydrogen-bond acceptors (Lipinski definition) is 1. The molecule has 0 atom stereocenters. The molecule has 0 saturated carbocycles. The van der Waals surface area contributed by atoms with Crippen LogP contribution in [-0.2, 0) is 0 Å². The maximum absolute atomic E-state index is 12.9. The van der Waals surface area contributed by atoms with Crippen LogP contribution in [-0.4, -0.2) is 22.1 Å². The minimum absolute atomic E-state index is 0.113. The van der Waals surface area contributed by atoms with E-state index in [1.807, 2.05) is 6.92 Å². The monoisotopic (exact) mass is 399 g/mol. The molecule has 0 spiro atoms. The van der Waals surface area contributed by atoms with Crippen LogP contribution in [0.3, 0.4) is 0 Å². The van der Waals surface area contributed by atoms with Crippen molar-refractivity contribution in [3.05, 3.63) is 34.6 Å². The standard InChI is InChI=1S/C12H13Br2ClFNO/c1-2-12(6-13,7-14)17-11(18)9-4-3-8(16)5-10(9)15/h3-5H,2,6-7H2,1H3,(H,17,18). The molecular formula is C12H13Br2ClFNO. The van der Waals surface area contributed by atoms with Crippen LogP contribution in [0, 0.1) is 5.82 Å². The zero-order valence-corrected chi connectivity index (χ0v) is 13.7. The molecule has 18 heavy (non-hydrogen) atoms. The molecule has 1 rings (SSSR count). The van der Waals surface area contributed by atoms with Gasteiger partial charge in [-0.05, 0) is 24.6 Å². The molecule has 6 heteroatoms. The van der Waals surface area contributed by atoms with Crippen molar-refractivity contribution in [3.63, 3.8) is 0 Å². The van der Waals surface area contributed by atoms with Gasteiger partial charge in [0.25, 0.3) is 5.91 Å². The van der Waals surface area contributed by atoms with Crippen molar-refractivity contribution in [1.29, 1.82) is 0 Å². The molecule has 0 aliphatic carbocycles. The first-order valence-electron chi connectivity index (χ1n) is 5.37. The first kappa shape index (κ1) is 15.9. The van der Waals surface area contributed by atoms with Crippen molar-refractivity contribution < 1.29 is 9.18 Å². The minimum Gasteiger partial charge on any atom is -0.345 e. The van der Waals surface area contributed by atoms with Gasteiger partial charge in [0.05, 0.1) is 16.1 Å². The fourth-order valence-electron chi connectivity index (χ4n) is 1.36. The van der Waals surface area contributed by atoms with Crippen molar-refractivity contribution in [1.82, 2.24) is 5.32 Å². The highest BCUT2D eigenvalue weighted by molar-refractivity contribution is 9.09. The molecule has 0 radical (unpaired) electrons. The van der Waals surface area contributed by atoms with E-state index in [4.69, 9.17) is 11.6 Å². The van der Waals surface area contributed by atoms with Crippen LogP contribution in [0.4, 0.5) is 4.39 Å². The van der Waals surface area contributed by atoms with Gasteiger partial charge in [-0.25, -0.2) is 4.39 Å². The summed E-state index contributed by atoms with van der Waals surface area (Å²) in [7, 11) is 0. The number of carbonyl (C=O) groups excluding carboxylic acids is 1. The molecule has 0 bridgehead atoms. The van der Waals surface area contributed by atoms with Crippen molar-refractivity contribution in [2.75, 3.05) is 10.7 Å². The lowest BCUT2D eigenvalue weighted by Crippen LogP contribution is -2.51. The summed E-state index contributed by atoms with van der Waals surface area (Å²) in [6.45, 7) is 1.98. The lowest BCUT2D eigenvalue weighted by molar-refractivity contribution is 0.0915. The van der Waals surface area contributed by atoms with Crippen LogP contribution in [0.2, 0.25) is 5.02 Å². The lowest BCUT2D eigenvalue weighted by atomic mass is 10.0. The number of nitrogens with one attached hydrogen (secondary N) is 1. The summed E-state index contributed by atoms with van der Waals surface area (Å²) >= 11 is 12.6. The van der Waals surface area contributed by atoms with E-state index < -0.39 is 5.82 Å². The van der Waals surface area contributed by atoms with E-state index in [-0.39, 0.29) is 22.0 Å². The van der Waals surface area contributed by atoms with E-state index in [1.165, 1.54) is 12.1 Å². The maximum Gasteiger partial charge on any atom is 0.253 e. The molecule has 100 valence electrons. The first-order chi connectivity index (χ1) is 8.48. The molecular weight excluding hydrogens is 388 g/mol. The summed E-state index contributed by atoms with van der Waals surface area (Å²) in [5, 5.41) is 4.26. The lowest BCUT2D eigenvalue weighted by Gasteiger charge is -2.30. The highest BCUT2D eigenvalue weighted by Crippen LogP contribution is 2.21. The Morgan fingerprint density at radius 1 is 1.44 bits per heavy atom. The zero-order valence-electron chi connectivity index (χ0n) is 9.77. The van der Waals surface area contributed by atoms with E-state index in [9.17, 15) is 9.18 Å². The van der Waals surface area contributed by atoms with Gasteiger partial charge in [0.1, 0.15) is 5.82 Å². The van der Waals surface area contributed by atoms with Gasteiger partial charge in [-0.1, -0.05) is 50.4 Å². The normalized spacial score (nSPS) is 11.4. The Morgan fingerprint density at radius 2 is 2.06 bits per heavy atom. The molecule has 0 heterocycles. The van der Waals surface area contributed by atoms with Crippen LogP contribution < -0.4 is 5.32 Å². The summed E-state index contributed by atoms with van der Waals surface area (Å²) in [6.07, 6.45) is 0.758. The van der Waals surface area contributed by atoms with Crippen LogP contribution in [0.25, 0.3) is 0 Å². The number of amides is 1. The summed E-state index contributed by atoms with van der Waals surface area (Å²) in [5.74, 6) is -0.764. The zero-order chi connectivity index (χ0) is 13.8. The van der Waals surface area contributed by atoms with E-state index >= 15 is 0 Å². The second kappa shape index (κ2) is 6.87. The van der Waals surface area contributed by atoms with E-state index in [2.05, 4.69) is 37.2 Å². The van der Waals surface area contributed by atoms with Crippen molar-refractivity contribution >= 4 is 49.4 Å². The van der Waals surface area contributed by atoms with Gasteiger partial charge in [0.15, 0.2) is 0 Å². The fourth-order valence-corrected chi connectivity index (χ4v) is 3.62. The third-order valence-corrected chi connectivity index (χ3v) is 5.20. The Hall–Kier alpha value is -0.130. The predicted octanol–water partition coefficient (Wildman–Crippen LogP) is 4.15. The molecule has 0 aromatic heterocycles. The second-order valence-corrected chi connectivity index (χ2v) is 5.51. The molecule has 1 N–H and O–H groups in total. The molecule has 0 aliphatic heterocycles. The Kier molecular flexibility index (Phi) is 6.08. The maximum atomic E-state index is 12.9. The SMILES string of the molecule is CCC(CBr)(CBr)NC(=O)c1ccc(F)cc1Cl. The Morgan fingerprint density at radius 3 is 2.50 bits per heavy atom. The number of benzene rings is 1. The highest BCUT2D eigenvalue weighted by atomic mass is 79.9. The third-order valence-electron chi connectivity index (χ3n) is 2.74. The number of alkyl halides is 2. The third kappa shape index (κ3) is 3.68. The fraction of sp³-hybridized carbons (Fsp3) is 0.417. The highest BCUT2D eigenvalue weighted by Gasteiger charge is 2.28. The van der Waals surface area contributed by atoms with Gasteiger partial charge in [0.2, 0.25) is 0 Å². The van der Waals surface area contributed by atoms with Crippen LogP contribution in [0.1, 0.15) is 23.7 Å². The number of hydrogen-bond donors (Lipinski definition) is 1. The van der Waals surface area contributed by atoms with Crippen LogP contribution in [0.5, 0.6) is 0 Å². The minimum atomic E-state index is -0.459. The molecule has 0 fully saturated rings. The Labute approximate surface area is 128 Å². The number of rotatable bonds is 5. The second-order valence-electron chi connectivity index (χ2n) is 3.98. The number of carbonyl (C=O) groups is 1. The van der Waals surface area contributed by atoms with Crippen molar-refractivity contribution in [3.8, 4) is 0 Å². The number of halogens is 4. The van der Waals surface area contributed by atoms with Gasteiger partial charge >= 0.3 is 0 Å². The topological polar surface area (TPSA) is 29.1 Å².